The number of hydrogen-bond donors (Lipinski definition) is 1. The number of hydrogen-bond acceptors (Lipinski definition) is 2. The summed E-state index contributed by atoms with van der Waals surface area (Å²) in [5, 5.41) is 11.4. The van der Waals surface area contributed by atoms with E-state index in [1.165, 1.54) is 0 Å². The summed E-state index contributed by atoms with van der Waals surface area (Å²) in [7, 11) is 0. The number of likely N-dealkylation sites (tertiary alicyclic amines) is 1. The van der Waals surface area contributed by atoms with Crippen molar-refractivity contribution in [3.63, 3.8) is 0 Å². The fourth-order valence-electron chi connectivity index (χ4n) is 5.60. The van der Waals surface area contributed by atoms with Crippen LogP contribution < -0.4 is 0 Å². The van der Waals surface area contributed by atoms with E-state index >= 15 is 4.39 Å². The second-order valence-corrected chi connectivity index (χ2v) is 9.36. The molecule has 0 bridgehead atoms. The predicted octanol–water partition coefficient (Wildman–Crippen LogP) is 6.37. The zero-order valence-electron chi connectivity index (χ0n) is 18.2. The van der Waals surface area contributed by atoms with Crippen molar-refractivity contribution >= 4 is 0 Å². The Morgan fingerprint density at radius 3 is 2.50 bits per heavy atom. The van der Waals surface area contributed by atoms with E-state index in [4.69, 9.17) is 0 Å². The first kappa shape index (κ1) is 21.3. The molecule has 0 spiro atoms. The van der Waals surface area contributed by atoms with Crippen molar-refractivity contribution in [2.24, 2.45) is 5.92 Å². The lowest BCUT2D eigenvalue weighted by atomic mass is 9.82. The van der Waals surface area contributed by atoms with Crippen molar-refractivity contribution in [1.29, 1.82) is 0 Å². The van der Waals surface area contributed by atoms with E-state index in [1.807, 2.05) is 49.4 Å². The van der Waals surface area contributed by atoms with Gasteiger partial charge in [-0.3, -0.25) is 4.90 Å². The third-order valence-corrected chi connectivity index (χ3v) is 7.12. The molecule has 1 aliphatic carbocycles. The summed E-state index contributed by atoms with van der Waals surface area (Å²) in [5.74, 6) is 0.189. The Bertz CT molecular complexity index is 862. The lowest BCUT2D eigenvalue weighted by molar-refractivity contribution is 0.00106. The van der Waals surface area contributed by atoms with Crippen molar-refractivity contribution in [2.75, 3.05) is 0 Å². The maximum atomic E-state index is 15.0. The van der Waals surface area contributed by atoms with Gasteiger partial charge in [0.1, 0.15) is 5.82 Å². The highest BCUT2D eigenvalue weighted by Gasteiger charge is 2.43. The molecule has 1 heterocycles. The van der Waals surface area contributed by atoms with Crippen LogP contribution in [0.1, 0.15) is 69.5 Å². The Balaban J connectivity index is 1.68. The molecule has 30 heavy (non-hydrogen) atoms. The van der Waals surface area contributed by atoms with Gasteiger partial charge in [0.2, 0.25) is 0 Å². The minimum atomic E-state index is -0.906. The van der Waals surface area contributed by atoms with Gasteiger partial charge >= 0.3 is 0 Å². The molecular formula is C27H34FNO. The maximum absolute atomic E-state index is 15.0. The van der Waals surface area contributed by atoms with Crippen LogP contribution in [-0.4, -0.2) is 22.1 Å². The second kappa shape index (κ2) is 9.03. The molecule has 2 aromatic carbocycles. The molecule has 5 atom stereocenters. The van der Waals surface area contributed by atoms with Crippen LogP contribution in [0.3, 0.4) is 0 Å². The zero-order valence-corrected chi connectivity index (χ0v) is 18.2. The number of nitrogens with zero attached hydrogens (tertiary/aromatic N) is 1. The summed E-state index contributed by atoms with van der Waals surface area (Å²) in [6.45, 7) is 4.18. The van der Waals surface area contributed by atoms with Crippen molar-refractivity contribution in [3.05, 3.63) is 83.7 Å². The largest absolute Gasteiger partial charge is 0.385 e. The highest BCUT2D eigenvalue weighted by Crippen LogP contribution is 2.45. The van der Waals surface area contributed by atoms with Gasteiger partial charge < -0.3 is 5.11 Å². The first-order chi connectivity index (χ1) is 14.5. The molecule has 0 saturated carbocycles. The fraction of sp³-hybridized carbons (Fsp3) is 0.481. The van der Waals surface area contributed by atoms with Crippen molar-refractivity contribution in [3.8, 4) is 0 Å². The van der Waals surface area contributed by atoms with E-state index in [-0.39, 0.29) is 17.9 Å². The van der Waals surface area contributed by atoms with Crippen LogP contribution in [0.15, 0.2) is 66.7 Å². The third kappa shape index (κ3) is 4.38. The summed E-state index contributed by atoms with van der Waals surface area (Å²) in [5.41, 5.74) is 0.841. The Morgan fingerprint density at radius 1 is 1.07 bits per heavy atom. The lowest BCUT2D eigenvalue weighted by Gasteiger charge is -2.43. The van der Waals surface area contributed by atoms with Crippen LogP contribution >= 0.6 is 0 Å². The SMILES string of the molecule is CC1CCC(CC(C)(O)c2ccccc2)N1C(c1ccccc1F)C1C=CCCC1. The van der Waals surface area contributed by atoms with Crippen molar-refractivity contribution in [1.82, 2.24) is 4.90 Å². The van der Waals surface area contributed by atoms with Gasteiger partial charge in [0.15, 0.2) is 0 Å². The number of aliphatic hydroxyl groups is 1. The first-order valence-corrected chi connectivity index (χ1v) is 11.4. The van der Waals surface area contributed by atoms with E-state index in [1.54, 1.807) is 12.1 Å². The highest BCUT2D eigenvalue weighted by atomic mass is 19.1. The van der Waals surface area contributed by atoms with Crippen LogP contribution in [0.4, 0.5) is 4.39 Å². The molecule has 1 saturated heterocycles. The van der Waals surface area contributed by atoms with Gasteiger partial charge in [-0.2, -0.15) is 0 Å². The molecule has 0 aromatic heterocycles. The summed E-state index contributed by atoms with van der Waals surface area (Å²) < 4.78 is 15.0. The summed E-state index contributed by atoms with van der Waals surface area (Å²) in [6.07, 6.45) is 10.7. The van der Waals surface area contributed by atoms with E-state index in [0.29, 0.717) is 18.4 Å². The van der Waals surface area contributed by atoms with Gasteiger partial charge in [0.05, 0.1) is 5.60 Å². The molecule has 160 valence electrons. The minimum Gasteiger partial charge on any atom is -0.385 e. The molecule has 1 N–H and O–H groups in total. The zero-order chi connectivity index (χ0) is 21.1. The molecule has 4 rings (SSSR count). The minimum absolute atomic E-state index is 0.0109. The molecule has 2 nitrogen and oxygen atoms in total. The highest BCUT2D eigenvalue weighted by molar-refractivity contribution is 5.26. The fourth-order valence-corrected chi connectivity index (χ4v) is 5.60. The predicted molar refractivity (Wildman–Crippen MR) is 121 cm³/mol. The molecule has 5 unspecified atom stereocenters. The topological polar surface area (TPSA) is 23.5 Å². The van der Waals surface area contributed by atoms with E-state index in [9.17, 15) is 5.11 Å². The number of rotatable bonds is 6. The second-order valence-electron chi connectivity index (χ2n) is 9.36. The Labute approximate surface area is 180 Å². The van der Waals surface area contributed by atoms with Gasteiger partial charge in [0.25, 0.3) is 0 Å². The Kier molecular flexibility index (Phi) is 6.40. The third-order valence-electron chi connectivity index (χ3n) is 7.12. The average molecular weight is 408 g/mol. The molecule has 2 aliphatic rings. The van der Waals surface area contributed by atoms with Crippen LogP contribution in [-0.2, 0) is 5.60 Å². The van der Waals surface area contributed by atoms with Crippen LogP contribution in [0.5, 0.6) is 0 Å². The number of allylic oxidation sites excluding steroid dienone is 1. The summed E-state index contributed by atoms with van der Waals surface area (Å²) in [6, 6.07) is 17.8. The van der Waals surface area contributed by atoms with Crippen molar-refractivity contribution in [2.45, 2.75) is 76.1 Å². The normalized spacial score (nSPS) is 27.7. The molecule has 2 aromatic rings. The van der Waals surface area contributed by atoms with Gasteiger partial charge in [-0.05, 0) is 69.9 Å². The first-order valence-electron chi connectivity index (χ1n) is 11.4. The maximum Gasteiger partial charge on any atom is 0.128 e. The summed E-state index contributed by atoms with van der Waals surface area (Å²) >= 11 is 0. The molecule has 1 aliphatic heterocycles. The Morgan fingerprint density at radius 2 is 1.80 bits per heavy atom. The number of halogens is 1. The average Bonchev–Trinajstić information content (AvgIpc) is 3.10. The van der Waals surface area contributed by atoms with Crippen LogP contribution in [0, 0.1) is 11.7 Å². The van der Waals surface area contributed by atoms with E-state index in [2.05, 4.69) is 24.0 Å². The quantitative estimate of drug-likeness (QED) is 0.562. The van der Waals surface area contributed by atoms with Gasteiger partial charge in [-0.1, -0.05) is 60.7 Å². The Hall–Kier alpha value is -1.97. The molecule has 3 heteroatoms. The standard InChI is InChI=1S/C27H34FNO/c1-20-17-18-23(19-27(2,30)22-13-7-4-8-14-22)29(20)26(21-11-5-3-6-12-21)24-15-9-10-16-25(24)28/h4-5,7-11,13-16,20-21,23,26,30H,3,6,12,17-19H2,1-2H3. The van der Waals surface area contributed by atoms with E-state index < -0.39 is 5.60 Å². The van der Waals surface area contributed by atoms with Gasteiger partial charge in [0, 0.05) is 23.7 Å². The number of benzene rings is 2. The lowest BCUT2D eigenvalue weighted by Crippen LogP contribution is -2.44. The molecular weight excluding hydrogens is 373 g/mol. The smallest absolute Gasteiger partial charge is 0.128 e. The summed E-state index contributed by atoms with van der Waals surface area (Å²) in [4.78, 5) is 2.52. The van der Waals surface area contributed by atoms with E-state index in [0.717, 1.165) is 43.2 Å². The van der Waals surface area contributed by atoms with Gasteiger partial charge in [-0.25, -0.2) is 4.39 Å². The monoisotopic (exact) mass is 407 g/mol. The molecule has 1 fully saturated rings. The molecule has 0 radical (unpaired) electrons. The van der Waals surface area contributed by atoms with Gasteiger partial charge in [-0.15, -0.1) is 0 Å². The van der Waals surface area contributed by atoms with Crippen LogP contribution in [0.25, 0.3) is 0 Å². The van der Waals surface area contributed by atoms with Crippen molar-refractivity contribution < 1.29 is 9.50 Å². The van der Waals surface area contributed by atoms with Crippen LogP contribution in [0.2, 0.25) is 0 Å². The molecule has 0 amide bonds.